The van der Waals surface area contributed by atoms with Crippen LogP contribution in [0.25, 0.3) is 5.76 Å². The van der Waals surface area contributed by atoms with Gasteiger partial charge in [0.25, 0.3) is 11.7 Å². The highest BCUT2D eigenvalue weighted by molar-refractivity contribution is 7.89. The number of thiophene rings is 1. The largest absolute Gasteiger partial charge is 0.507 e. The van der Waals surface area contributed by atoms with Gasteiger partial charge in [-0.25, -0.2) is 12.7 Å². The molecule has 2 fully saturated rings. The van der Waals surface area contributed by atoms with Crippen molar-refractivity contribution in [3.63, 3.8) is 0 Å². The number of carbonyl (C=O) groups is 2. The molecule has 0 radical (unpaired) electrons. The summed E-state index contributed by atoms with van der Waals surface area (Å²) in [5.74, 6) is -1.69. The van der Waals surface area contributed by atoms with Crippen LogP contribution in [0.15, 0.2) is 52.2 Å². The summed E-state index contributed by atoms with van der Waals surface area (Å²) in [5, 5.41) is 13.0. The van der Waals surface area contributed by atoms with E-state index in [-0.39, 0.29) is 21.8 Å². The molecular formula is C23H28N3O6S2+. The SMILES string of the molecule is CN(C)S(=O)(=O)c1ccc(C(O)=C2C(=O)C(=O)N(CC[NH+]3CCOCC3)[C@@H]2c2cccs2)cc1. The van der Waals surface area contributed by atoms with Gasteiger partial charge in [0.1, 0.15) is 18.8 Å². The number of likely N-dealkylation sites (tertiary alicyclic amines) is 1. The molecule has 1 aromatic carbocycles. The molecule has 0 saturated carbocycles. The zero-order valence-electron chi connectivity index (χ0n) is 19.1. The molecule has 2 saturated heterocycles. The van der Waals surface area contributed by atoms with Crippen molar-refractivity contribution in [2.75, 3.05) is 53.5 Å². The van der Waals surface area contributed by atoms with E-state index in [9.17, 15) is 23.1 Å². The highest BCUT2D eigenvalue weighted by atomic mass is 32.2. The maximum Gasteiger partial charge on any atom is 0.295 e. The lowest BCUT2D eigenvalue weighted by Gasteiger charge is -2.28. The first-order chi connectivity index (χ1) is 16.2. The number of benzene rings is 1. The summed E-state index contributed by atoms with van der Waals surface area (Å²) in [6, 6.07) is 8.64. The third kappa shape index (κ3) is 4.66. The van der Waals surface area contributed by atoms with Crippen LogP contribution in [0.3, 0.4) is 0 Å². The van der Waals surface area contributed by atoms with Gasteiger partial charge in [0.2, 0.25) is 10.0 Å². The molecule has 0 spiro atoms. The Morgan fingerprint density at radius 1 is 1.18 bits per heavy atom. The van der Waals surface area contributed by atoms with Crippen LogP contribution in [0.2, 0.25) is 0 Å². The Morgan fingerprint density at radius 3 is 2.44 bits per heavy atom. The van der Waals surface area contributed by atoms with E-state index in [0.717, 1.165) is 22.3 Å². The zero-order chi connectivity index (χ0) is 24.5. The Bertz CT molecular complexity index is 1180. The van der Waals surface area contributed by atoms with Crippen molar-refractivity contribution in [3.8, 4) is 0 Å². The number of amides is 1. The number of morpholine rings is 1. The van der Waals surface area contributed by atoms with Gasteiger partial charge in [0, 0.05) is 24.5 Å². The fraction of sp³-hybridized carbons (Fsp3) is 0.391. The van der Waals surface area contributed by atoms with E-state index >= 15 is 0 Å². The van der Waals surface area contributed by atoms with Crippen molar-refractivity contribution in [1.29, 1.82) is 0 Å². The molecule has 182 valence electrons. The topological polar surface area (TPSA) is 109 Å². The van der Waals surface area contributed by atoms with E-state index in [1.165, 1.54) is 59.5 Å². The molecule has 2 N–H and O–H groups in total. The molecular weight excluding hydrogens is 478 g/mol. The second kappa shape index (κ2) is 9.96. The lowest BCUT2D eigenvalue weighted by molar-refractivity contribution is -0.907. The number of Topliss-reactive ketones (excluding diaryl/α,β-unsaturated/α-hetero) is 1. The van der Waals surface area contributed by atoms with Crippen molar-refractivity contribution in [2.24, 2.45) is 0 Å². The Hall–Kier alpha value is -2.57. The summed E-state index contributed by atoms with van der Waals surface area (Å²) in [4.78, 5) is 29.8. The summed E-state index contributed by atoms with van der Waals surface area (Å²) in [6.07, 6.45) is 0. The molecule has 0 bridgehead atoms. The number of nitrogens with one attached hydrogen (secondary N) is 1. The average Bonchev–Trinajstić information content (AvgIpc) is 3.45. The average molecular weight is 507 g/mol. The monoisotopic (exact) mass is 506 g/mol. The third-order valence-electron chi connectivity index (χ3n) is 6.17. The van der Waals surface area contributed by atoms with Gasteiger partial charge in [0.05, 0.1) is 42.8 Å². The highest BCUT2D eigenvalue weighted by Gasteiger charge is 2.46. The quantitative estimate of drug-likeness (QED) is 0.319. The van der Waals surface area contributed by atoms with Crippen LogP contribution in [0, 0.1) is 0 Å². The van der Waals surface area contributed by atoms with E-state index in [1.807, 2.05) is 17.5 Å². The van der Waals surface area contributed by atoms with Crippen LogP contribution in [0.1, 0.15) is 16.5 Å². The van der Waals surface area contributed by atoms with Crippen molar-refractivity contribution in [3.05, 3.63) is 57.8 Å². The number of sulfonamides is 1. The molecule has 3 heterocycles. The first-order valence-corrected chi connectivity index (χ1v) is 13.3. The molecule has 1 aromatic heterocycles. The number of ketones is 1. The second-order valence-corrected chi connectivity index (χ2v) is 11.6. The number of aliphatic hydroxyl groups is 1. The third-order valence-corrected chi connectivity index (χ3v) is 8.92. The van der Waals surface area contributed by atoms with E-state index in [2.05, 4.69) is 0 Å². The van der Waals surface area contributed by atoms with E-state index in [1.54, 1.807) is 0 Å². The van der Waals surface area contributed by atoms with Crippen LogP contribution in [-0.4, -0.2) is 87.9 Å². The summed E-state index contributed by atoms with van der Waals surface area (Å²) < 4.78 is 31.2. The minimum atomic E-state index is -3.63. The van der Waals surface area contributed by atoms with Crippen LogP contribution >= 0.6 is 11.3 Å². The van der Waals surface area contributed by atoms with E-state index < -0.39 is 27.8 Å². The number of rotatable bonds is 7. The molecule has 9 nitrogen and oxygen atoms in total. The highest BCUT2D eigenvalue weighted by Crippen LogP contribution is 2.40. The zero-order valence-corrected chi connectivity index (χ0v) is 20.7. The first kappa shape index (κ1) is 24.6. The molecule has 34 heavy (non-hydrogen) atoms. The van der Waals surface area contributed by atoms with Gasteiger partial charge >= 0.3 is 0 Å². The predicted molar refractivity (Wildman–Crippen MR) is 127 cm³/mol. The number of hydrogen-bond donors (Lipinski definition) is 2. The summed E-state index contributed by atoms with van der Waals surface area (Å²) in [7, 11) is -0.765. The summed E-state index contributed by atoms with van der Waals surface area (Å²) >= 11 is 1.41. The fourth-order valence-corrected chi connectivity index (χ4v) is 5.94. The predicted octanol–water partition coefficient (Wildman–Crippen LogP) is 0.335. The minimum absolute atomic E-state index is 0.0210. The normalized spacial score (nSPS) is 21.5. The maximum atomic E-state index is 13.1. The van der Waals surface area contributed by atoms with E-state index in [4.69, 9.17) is 4.74 Å². The number of carbonyl (C=O) groups excluding carboxylic acids is 2. The molecule has 0 unspecified atom stereocenters. The molecule has 11 heteroatoms. The minimum Gasteiger partial charge on any atom is -0.507 e. The standard InChI is InChI=1S/C23H27N3O6S2/c1-24(2)34(30,31)17-7-5-16(6-8-17)21(27)19-20(18-4-3-15-33-18)26(23(29)22(19)28)10-9-25-11-13-32-14-12-25/h3-8,15,20,27H,9-14H2,1-2H3/p+1/t20-/m1/s1. The van der Waals surface area contributed by atoms with Gasteiger partial charge in [0.15, 0.2) is 0 Å². The number of aliphatic hydroxyl groups excluding tert-OH is 1. The van der Waals surface area contributed by atoms with Gasteiger partial charge in [-0.1, -0.05) is 6.07 Å². The fourth-order valence-electron chi connectivity index (χ4n) is 4.19. The van der Waals surface area contributed by atoms with E-state index in [0.29, 0.717) is 26.3 Å². The molecule has 2 aromatic rings. The van der Waals surface area contributed by atoms with Gasteiger partial charge in [-0.3, -0.25) is 9.59 Å². The molecule has 2 aliphatic rings. The van der Waals surface area contributed by atoms with Crippen molar-refractivity contribution >= 4 is 38.8 Å². The second-order valence-electron chi connectivity index (χ2n) is 8.43. The van der Waals surface area contributed by atoms with Gasteiger partial charge in [-0.05, 0) is 35.7 Å². The molecule has 4 rings (SSSR count). The molecule has 1 atom stereocenters. The number of quaternary nitrogens is 1. The number of ether oxygens (including phenoxy) is 1. The van der Waals surface area contributed by atoms with Gasteiger partial charge < -0.3 is 19.6 Å². The molecule has 0 aliphatic carbocycles. The first-order valence-electron chi connectivity index (χ1n) is 11.0. The van der Waals surface area contributed by atoms with Gasteiger partial charge in [-0.2, -0.15) is 0 Å². The summed E-state index contributed by atoms with van der Waals surface area (Å²) in [6.45, 7) is 4.07. The lowest BCUT2D eigenvalue weighted by atomic mass is 10.00. The smallest absolute Gasteiger partial charge is 0.295 e. The Kier molecular flexibility index (Phi) is 7.20. The molecule has 2 aliphatic heterocycles. The van der Waals surface area contributed by atoms with Crippen LogP contribution in [-0.2, 0) is 24.3 Å². The van der Waals surface area contributed by atoms with Crippen LogP contribution < -0.4 is 4.90 Å². The summed E-state index contributed by atoms with van der Waals surface area (Å²) in [5.41, 5.74) is 0.295. The Balaban J connectivity index is 1.68. The van der Waals surface area contributed by atoms with Crippen molar-refractivity contribution in [1.82, 2.24) is 9.21 Å². The maximum absolute atomic E-state index is 13.1. The Morgan fingerprint density at radius 2 is 1.85 bits per heavy atom. The lowest BCUT2D eigenvalue weighted by Crippen LogP contribution is -3.14. The van der Waals surface area contributed by atoms with Crippen LogP contribution in [0.5, 0.6) is 0 Å². The Labute approximate surface area is 202 Å². The molecule has 1 amide bonds. The number of nitrogens with zero attached hydrogens (tertiary/aromatic N) is 2. The van der Waals surface area contributed by atoms with Crippen molar-refractivity contribution < 1.29 is 32.8 Å². The van der Waals surface area contributed by atoms with Crippen molar-refractivity contribution in [2.45, 2.75) is 10.9 Å². The van der Waals surface area contributed by atoms with Gasteiger partial charge in [-0.15, -0.1) is 11.3 Å². The van der Waals surface area contributed by atoms with Crippen LogP contribution in [0.4, 0.5) is 0 Å². The number of hydrogen-bond acceptors (Lipinski definition) is 7.